The van der Waals surface area contributed by atoms with E-state index in [1.54, 1.807) is 25.3 Å². The molecule has 0 saturated carbocycles. The largest absolute Gasteiger partial charge is 0.497 e. The van der Waals surface area contributed by atoms with Crippen molar-refractivity contribution < 1.29 is 19.0 Å². The summed E-state index contributed by atoms with van der Waals surface area (Å²) in [7, 11) is 1.57. The minimum absolute atomic E-state index is 0.0447. The molecule has 0 bridgehead atoms. The van der Waals surface area contributed by atoms with E-state index < -0.39 is 23.7 Å². The van der Waals surface area contributed by atoms with Crippen molar-refractivity contribution in [3.8, 4) is 5.75 Å². The minimum atomic E-state index is -0.748. The highest BCUT2D eigenvalue weighted by atomic mass is 32.2. The third-order valence-electron chi connectivity index (χ3n) is 6.64. The molecular weight excluding hydrogens is 441 g/mol. The van der Waals surface area contributed by atoms with Gasteiger partial charge in [0.15, 0.2) is 0 Å². The van der Waals surface area contributed by atoms with Crippen LogP contribution in [-0.4, -0.2) is 59.2 Å². The zero-order chi connectivity index (χ0) is 23.8. The molecule has 1 aliphatic heterocycles. The molecule has 1 fully saturated rings. The molecule has 2 heterocycles. The molecule has 3 rings (SSSR count). The minimum Gasteiger partial charge on any atom is -0.497 e. The number of aromatic nitrogens is 1. The molecule has 1 aliphatic rings. The van der Waals surface area contributed by atoms with Gasteiger partial charge in [-0.05, 0) is 62.1 Å². The first-order chi connectivity index (χ1) is 15.9. The lowest BCUT2D eigenvalue weighted by molar-refractivity contribution is -0.146. The topological polar surface area (TPSA) is 88.7 Å². The van der Waals surface area contributed by atoms with Gasteiger partial charge in [-0.3, -0.25) is 9.78 Å². The highest BCUT2D eigenvalue weighted by molar-refractivity contribution is 7.99. The van der Waals surface area contributed by atoms with E-state index in [0.717, 1.165) is 25.3 Å². The number of benzene rings is 1. The first-order valence-electron chi connectivity index (χ1n) is 11.8. The molecule has 0 aliphatic carbocycles. The van der Waals surface area contributed by atoms with Crippen LogP contribution in [0.3, 0.4) is 0 Å². The average Bonchev–Trinajstić information content (AvgIpc) is 2.82. The third-order valence-corrected chi connectivity index (χ3v) is 7.69. The Kier molecular flexibility index (Phi) is 9.77. The smallest absolute Gasteiger partial charge is 0.308 e. The molecule has 1 aromatic heterocycles. The fourth-order valence-electron chi connectivity index (χ4n) is 4.65. The number of carboxylic acid groups (broad SMARTS) is 1. The van der Waals surface area contributed by atoms with E-state index in [1.807, 2.05) is 11.8 Å². The summed E-state index contributed by atoms with van der Waals surface area (Å²) < 4.78 is 20.0. The van der Waals surface area contributed by atoms with Crippen molar-refractivity contribution in [3.63, 3.8) is 0 Å². The first-order valence-corrected chi connectivity index (χ1v) is 13.0. The van der Waals surface area contributed by atoms with Gasteiger partial charge >= 0.3 is 5.97 Å². The summed E-state index contributed by atoms with van der Waals surface area (Å²) in [5.41, 5.74) is 7.54. The molecule has 0 unspecified atom stereocenters. The van der Waals surface area contributed by atoms with Crippen LogP contribution in [0.25, 0.3) is 10.9 Å². The summed E-state index contributed by atoms with van der Waals surface area (Å²) in [6.07, 6.45) is 5.65. The van der Waals surface area contributed by atoms with Crippen molar-refractivity contribution in [2.75, 3.05) is 38.2 Å². The van der Waals surface area contributed by atoms with E-state index in [-0.39, 0.29) is 5.92 Å². The lowest BCUT2D eigenvalue weighted by Gasteiger charge is -2.37. The number of rotatable bonds is 12. The molecule has 3 atom stereocenters. The van der Waals surface area contributed by atoms with Crippen LogP contribution in [0.15, 0.2) is 24.4 Å². The van der Waals surface area contributed by atoms with E-state index in [2.05, 4.69) is 16.8 Å². The molecule has 1 aromatic carbocycles. The van der Waals surface area contributed by atoms with E-state index in [4.69, 9.17) is 10.5 Å². The van der Waals surface area contributed by atoms with Crippen LogP contribution >= 0.6 is 11.8 Å². The second-order valence-corrected chi connectivity index (χ2v) is 10.1. The van der Waals surface area contributed by atoms with Crippen LogP contribution in [0.2, 0.25) is 0 Å². The number of thioether (sulfide) groups is 1. The Bertz CT molecular complexity index is 929. The molecule has 0 spiro atoms. The van der Waals surface area contributed by atoms with E-state index in [1.165, 1.54) is 24.8 Å². The summed E-state index contributed by atoms with van der Waals surface area (Å²) in [5, 5.41) is 10.5. The summed E-state index contributed by atoms with van der Waals surface area (Å²) in [5.74, 6) is 1.28. The van der Waals surface area contributed by atoms with Crippen LogP contribution in [0.5, 0.6) is 5.75 Å². The van der Waals surface area contributed by atoms with Crippen molar-refractivity contribution >= 4 is 28.6 Å². The predicted octanol–water partition coefficient (Wildman–Crippen LogP) is 4.72. The Balaban J connectivity index is 1.62. The first kappa shape index (κ1) is 25.7. The van der Waals surface area contributed by atoms with Crippen LogP contribution in [0.1, 0.15) is 50.6 Å². The van der Waals surface area contributed by atoms with Crippen LogP contribution in [0.4, 0.5) is 4.39 Å². The number of carboxylic acids is 1. The highest BCUT2D eigenvalue weighted by Crippen LogP contribution is 2.34. The number of methoxy groups -OCH3 is 1. The van der Waals surface area contributed by atoms with Crippen LogP contribution in [-0.2, 0) is 4.79 Å². The van der Waals surface area contributed by atoms with Crippen LogP contribution < -0.4 is 10.5 Å². The zero-order valence-electron chi connectivity index (χ0n) is 19.6. The third kappa shape index (κ3) is 6.80. The van der Waals surface area contributed by atoms with Gasteiger partial charge in [0.1, 0.15) is 11.6 Å². The van der Waals surface area contributed by atoms with E-state index >= 15 is 0 Å². The number of nitrogens with zero attached hydrogens (tertiary/aromatic N) is 2. The van der Waals surface area contributed by atoms with E-state index in [9.17, 15) is 14.3 Å². The number of pyridine rings is 1. The van der Waals surface area contributed by atoms with Gasteiger partial charge < -0.3 is 20.5 Å². The molecule has 8 heteroatoms. The molecular formula is C25H36FN3O3S. The molecule has 2 aromatic rings. The normalized spacial score (nSPS) is 20.1. The van der Waals surface area contributed by atoms with Gasteiger partial charge in [-0.1, -0.05) is 13.3 Å². The van der Waals surface area contributed by atoms with Crippen molar-refractivity contribution in [2.45, 2.75) is 45.1 Å². The molecule has 1 saturated heterocycles. The number of piperidine rings is 1. The fourth-order valence-corrected chi connectivity index (χ4v) is 5.73. The lowest BCUT2D eigenvalue weighted by Crippen LogP contribution is -2.44. The second-order valence-electron chi connectivity index (χ2n) is 8.85. The van der Waals surface area contributed by atoms with Gasteiger partial charge in [-0.15, -0.1) is 0 Å². The zero-order valence-corrected chi connectivity index (χ0v) is 20.5. The maximum absolute atomic E-state index is 14.7. The number of ether oxygens (including phenoxy) is 1. The number of halogens is 1. The molecule has 3 N–H and O–H groups in total. The van der Waals surface area contributed by atoms with Gasteiger partial charge in [0.25, 0.3) is 0 Å². The van der Waals surface area contributed by atoms with Crippen molar-refractivity contribution in [3.05, 3.63) is 35.8 Å². The summed E-state index contributed by atoms with van der Waals surface area (Å²) in [4.78, 5) is 18.4. The molecule has 182 valence electrons. The highest BCUT2D eigenvalue weighted by Gasteiger charge is 2.34. The SMILES string of the molecule is CCCCSCCN1CC[C@H](CC[C@H](N)c2c(F)cnc3ccc(OC)cc23)[C@H](C(=O)O)C1. The lowest BCUT2D eigenvalue weighted by atomic mass is 9.81. The maximum Gasteiger partial charge on any atom is 0.308 e. The van der Waals surface area contributed by atoms with Gasteiger partial charge in [0.2, 0.25) is 0 Å². The summed E-state index contributed by atoms with van der Waals surface area (Å²) >= 11 is 1.94. The van der Waals surface area contributed by atoms with E-state index in [0.29, 0.717) is 41.6 Å². The number of unbranched alkanes of at least 4 members (excludes halogenated alkanes) is 1. The van der Waals surface area contributed by atoms with Gasteiger partial charge in [0, 0.05) is 35.8 Å². The number of fused-ring (bicyclic) bond motifs is 1. The molecule has 0 radical (unpaired) electrons. The Morgan fingerprint density at radius 3 is 2.97 bits per heavy atom. The average molecular weight is 478 g/mol. The maximum atomic E-state index is 14.7. The summed E-state index contributed by atoms with van der Waals surface area (Å²) in [6.45, 7) is 4.60. The van der Waals surface area contributed by atoms with Gasteiger partial charge in [-0.25, -0.2) is 4.39 Å². The van der Waals surface area contributed by atoms with Crippen molar-refractivity contribution in [1.29, 1.82) is 0 Å². The Hall–Kier alpha value is -1.90. The number of likely N-dealkylation sites (tertiary alicyclic amines) is 1. The quantitative estimate of drug-likeness (QED) is 0.428. The van der Waals surface area contributed by atoms with Crippen LogP contribution in [0, 0.1) is 17.7 Å². The molecule has 0 amide bonds. The predicted molar refractivity (Wildman–Crippen MR) is 132 cm³/mol. The number of hydrogen-bond acceptors (Lipinski definition) is 6. The number of aliphatic carboxylic acids is 1. The van der Waals surface area contributed by atoms with Gasteiger partial charge in [0.05, 0.1) is 24.7 Å². The summed E-state index contributed by atoms with van der Waals surface area (Å²) in [6, 6.07) is 4.80. The Morgan fingerprint density at radius 2 is 2.24 bits per heavy atom. The number of nitrogens with two attached hydrogens (primary N) is 1. The Labute approximate surface area is 200 Å². The van der Waals surface area contributed by atoms with Crippen molar-refractivity contribution in [2.24, 2.45) is 17.6 Å². The standard InChI is InChI=1S/C25H36FN3O3S/c1-3-4-12-33-13-11-29-10-9-17(20(16-29)25(30)31)5-7-22(27)24-19-14-18(32-2)6-8-23(19)28-15-21(24)26/h6,8,14-15,17,20,22H,3-5,7,9-13,16,27H2,1-2H3,(H,30,31)/t17-,20+,22-/m0/s1. The second kappa shape index (κ2) is 12.5. The van der Waals surface area contributed by atoms with Crippen molar-refractivity contribution in [1.82, 2.24) is 9.88 Å². The number of hydrogen-bond donors (Lipinski definition) is 2. The molecule has 33 heavy (non-hydrogen) atoms. The number of carbonyl (C=O) groups is 1. The Morgan fingerprint density at radius 1 is 1.42 bits per heavy atom. The fraction of sp³-hybridized carbons (Fsp3) is 0.600. The molecule has 6 nitrogen and oxygen atoms in total. The monoisotopic (exact) mass is 477 g/mol. The van der Waals surface area contributed by atoms with Gasteiger partial charge in [-0.2, -0.15) is 11.8 Å².